The summed E-state index contributed by atoms with van der Waals surface area (Å²) in [5.41, 5.74) is -0.846. The van der Waals surface area contributed by atoms with Crippen molar-refractivity contribution in [1.29, 1.82) is 0 Å². The molecule has 9 atom stereocenters. The smallest absolute Gasteiger partial charge is 0.331 e. The molecule has 0 amide bonds. The normalized spacial score (nSPS) is 44.5. The molecular weight excluding hydrogens is 532 g/mol. The highest BCUT2D eigenvalue weighted by molar-refractivity contribution is 5.83. The third-order valence-electron chi connectivity index (χ3n) is 9.62. The summed E-state index contributed by atoms with van der Waals surface area (Å²) in [5.74, 6) is -1.48. The lowest BCUT2D eigenvalue weighted by molar-refractivity contribution is -0.239. The lowest BCUT2D eigenvalue weighted by Crippen LogP contribution is -2.68. The molecule has 3 unspecified atom stereocenters. The highest BCUT2D eigenvalue weighted by Gasteiger charge is 2.83. The summed E-state index contributed by atoms with van der Waals surface area (Å²) in [7, 11) is 0. The number of hydrogen-bond donors (Lipinski definition) is 1. The van der Waals surface area contributed by atoms with E-state index in [0.717, 1.165) is 11.1 Å². The summed E-state index contributed by atoms with van der Waals surface area (Å²) in [6.07, 6.45) is 7.43. The molecule has 2 bridgehead atoms. The quantitative estimate of drug-likeness (QED) is 0.228. The molecule has 10 heteroatoms. The summed E-state index contributed by atoms with van der Waals surface area (Å²) in [4.78, 5) is 38.2. The van der Waals surface area contributed by atoms with Crippen LogP contribution in [-0.4, -0.2) is 85.1 Å². The van der Waals surface area contributed by atoms with Gasteiger partial charge in [0.15, 0.2) is 0 Å². The fraction of sp³-hybridized carbons (Fsp3) is 0.645. The molecule has 2 spiro atoms. The van der Waals surface area contributed by atoms with Crippen LogP contribution in [0, 0.1) is 10.8 Å². The van der Waals surface area contributed by atoms with Gasteiger partial charge in [0.2, 0.25) is 0 Å². The third kappa shape index (κ3) is 5.20. The SMILES string of the molecule is CC(=O)O[C@H]1C[C@@]23COC(=O)/C=C(\C)CCOC(C(C)O)/C=C/C=C\C(=O)O[C@@H]4C[C@@H](O[C@@H]2C=C1C)C1(CO1)[C@]43C. The van der Waals surface area contributed by atoms with E-state index < -0.39 is 64.9 Å². The number of epoxide rings is 1. The molecule has 5 aliphatic rings. The Balaban J connectivity index is 1.55. The van der Waals surface area contributed by atoms with Crippen molar-refractivity contribution in [2.45, 2.75) is 96.1 Å². The highest BCUT2D eigenvalue weighted by atomic mass is 16.6. The van der Waals surface area contributed by atoms with Crippen LogP contribution in [0.25, 0.3) is 0 Å². The fourth-order valence-electron chi connectivity index (χ4n) is 7.17. The van der Waals surface area contributed by atoms with Crippen molar-refractivity contribution < 1.29 is 47.9 Å². The number of ether oxygens (including phenoxy) is 6. The Kier molecular flexibility index (Phi) is 8.06. The van der Waals surface area contributed by atoms with Gasteiger partial charge in [-0.3, -0.25) is 4.79 Å². The summed E-state index contributed by atoms with van der Waals surface area (Å²) in [6.45, 7) is 9.36. The predicted octanol–water partition coefficient (Wildman–Crippen LogP) is 2.88. The van der Waals surface area contributed by atoms with Gasteiger partial charge in [0.25, 0.3) is 0 Å². The molecular formula is C31H40O10. The lowest BCUT2D eigenvalue weighted by atomic mass is 9.51. The molecule has 3 heterocycles. The van der Waals surface area contributed by atoms with Crippen LogP contribution in [0.2, 0.25) is 0 Å². The van der Waals surface area contributed by atoms with E-state index in [1.54, 1.807) is 25.2 Å². The van der Waals surface area contributed by atoms with Crippen molar-refractivity contribution in [2.24, 2.45) is 10.8 Å². The van der Waals surface area contributed by atoms with Crippen LogP contribution in [0.15, 0.2) is 47.6 Å². The maximum atomic E-state index is 13.1. The highest BCUT2D eigenvalue weighted by Crippen LogP contribution is 2.72. The van der Waals surface area contributed by atoms with Gasteiger partial charge < -0.3 is 33.5 Å². The zero-order chi connectivity index (χ0) is 29.6. The van der Waals surface area contributed by atoms with Crippen LogP contribution >= 0.6 is 0 Å². The van der Waals surface area contributed by atoms with Gasteiger partial charge in [-0.1, -0.05) is 36.8 Å². The molecule has 2 aliphatic carbocycles. The Hall–Kier alpha value is -2.79. The lowest BCUT2D eigenvalue weighted by Gasteiger charge is -2.59. The maximum absolute atomic E-state index is 13.1. The topological polar surface area (TPSA) is 130 Å². The van der Waals surface area contributed by atoms with Crippen molar-refractivity contribution in [3.05, 3.63) is 47.6 Å². The minimum atomic E-state index is -0.916. The first-order valence-corrected chi connectivity index (χ1v) is 14.3. The first-order chi connectivity index (χ1) is 19.4. The van der Waals surface area contributed by atoms with Gasteiger partial charge in [-0.05, 0) is 32.8 Å². The molecule has 1 saturated carbocycles. The predicted molar refractivity (Wildman–Crippen MR) is 145 cm³/mol. The van der Waals surface area contributed by atoms with E-state index in [9.17, 15) is 19.5 Å². The number of aliphatic hydroxyl groups is 1. The van der Waals surface area contributed by atoms with E-state index in [2.05, 4.69) is 0 Å². The molecule has 3 aliphatic heterocycles. The average molecular weight is 573 g/mol. The molecule has 0 aromatic heterocycles. The molecule has 5 rings (SSSR count). The molecule has 0 aromatic carbocycles. The molecule has 2 saturated heterocycles. The second-order valence-electron chi connectivity index (χ2n) is 12.1. The minimum absolute atomic E-state index is 0.0522. The second-order valence-corrected chi connectivity index (χ2v) is 12.1. The number of esters is 3. The van der Waals surface area contributed by atoms with Gasteiger partial charge >= 0.3 is 17.9 Å². The van der Waals surface area contributed by atoms with Crippen molar-refractivity contribution in [3.63, 3.8) is 0 Å². The molecule has 3 fully saturated rings. The van der Waals surface area contributed by atoms with Crippen molar-refractivity contribution in [1.82, 2.24) is 0 Å². The number of carbonyl (C=O) groups excluding carboxylic acids is 3. The van der Waals surface area contributed by atoms with Crippen LogP contribution in [-0.2, 0) is 42.8 Å². The zero-order valence-corrected chi connectivity index (χ0v) is 24.3. The van der Waals surface area contributed by atoms with Crippen LogP contribution in [0.3, 0.4) is 0 Å². The van der Waals surface area contributed by atoms with Gasteiger partial charge in [0.05, 0.1) is 42.4 Å². The van der Waals surface area contributed by atoms with Gasteiger partial charge in [0.1, 0.15) is 30.5 Å². The molecule has 10 nitrogen and oxygen atoms in total. The number of allylic oxidation sites excluding steroid dienone is 2. The van der Waals surface area contributed by atoms with E-state index in [1.165, 1.54) is 19.1 Å². The molecule has 41 heavy (non-hydrogen) atoms. The Morgan fingerprint density at radius 1 is 1.15 bits per heavy atom. The minimum Gasteiger partial charge on any atom is -0.462 e. The number of hydrogen-bond acceptors (Lipinski definition) is 10. The average Bonchev–Trinajstić information content (AvgIpc) is 3.67. The third-order valence-corrected chi connectivity index (χ3v) is 9.62. The van der Waals surface area contributed by atoms with Crippen molar-refractivity contribution >= 4 is 17.9 Å². The monoisotopic (exact) mass is 572 g/mol. The molecule has 224 valence electrons. The van der Waals surface area contributed by atoms with Gasteiger partial charge in [0, 0.05) is 31.9 Å². The Labute approximate surface area is 240 Å². The number of carbonyl (C=O) groups is 3. The van der Waals surface area contributed by atoms with E-state index >= 15 is 0 Å². The van der Waals surface area contributed by atoms with E-state index in [1.807, 2.05) is 26.8 Å². The van der Waals surface area contributed by atoms with Gasteiger partial charge in [-0.15, -0.1) is 0 Å². The van der Waals surface area contributed by atoms with Crippen LogP contribution in [0.4, 0.5) is 0 Å². The van der Waals surface area contributed by atoms with E-state index in [4.69, 9.17) is 28.4 Å². The van der Waals surface area contributed by atoms with Gasteiger partial charge in [-0.25, -0.2) is 9.59 Å². The number of cyclic esters (lactones) is 1. The summed E-state index contributed by atoms with van der Waals surface area (Å²) < 4.78 is 36.3. The van der Waals surface area contributed by atoms with Crippen molar-refractivity contribution in [2.75, 3.05) is 19.8 Å². The molecule has 0 aromatic rings. The number of rotatable bonds is 2. The summed E-state index contributed by atoms with van der Waals surface area (Å²) in [6, 6.07) is 0. The first-order valence-electron chi connectivity index (χ1n) is 14.3. The largest absolute Gasteiger partial charge is 0.462 e. The second kappa shape index (κ2) is 11.1. The summed E-state index contributed by atoms with van der Waals surface area (Å²) >= 11 is 0. The Morgan fingerprint density at radius 3 is 2.59 bits per heavy atom. The zero-order valence-electron chi connectivity index (χ0n) is 24.3. The first kappa shape index (κ1) is 29.7. The molecule has 0 radical (unpaired) electrons. The Bertz CT molecular complexity index is 1190. The van der Waals surface area contributed by atoms with Crippen molar-refractivity contribution in [3.8, 4) is 0 Å². The maximum Gasteiger partial charge on any atom is 0.331 e. The van der Waals surface area contributed by atoms with E-state index in [0.29, 0.717) is 25.9 Å². The summed E-state index contributed by atoms with van der Waals surface area (Å²) in [5, 5.41) is 10.1. The standard InChI is InChI=1S/C31H40O10/c1-18-10-11-36-22(20(3)32)8-6-7-9-27(34)41-24-14-26-31(17-38-31)29(24,5)30(16-37-28(35)12-18)15-23(39-21(4)33)19(2)13-25(30)40-26/h6-9,12-13,20,22-26,32H,10-11,14-17H2,1-5H3/b8-6+,9-7-,18-12+/t20?,22?,23-,24+,25+,26+,29+,30+,31?/m0/s1. The fourth-order valence-corrected chi connectivity index (χ4v) is 7.17. The molecule has 1 N–H and O–H groups in total. The van der Waals surface area contributed by atoms with Crippen LogP contribution < -0.4 is 0 Å². The van der Waals surface area contributed by atoms with E-state index in [-0.39, 0.29) is 19.3 Å². The Morgan fingerprint density at radius 2 is 1.90 bits per heavy atom. The van der Waals surface area contributed by atoms with Crippen LogP contribution in [0.5, 0.6) is 0 Å². The van der Waals surface area contributed by atoms with Crippen LogP contribution in [0.1, 0.15) is 53.9 Å². The van der Waals surface area contributed by atoms with Gasteiger partial charge in [-0.2, -0.15) is 0 Å². The number of aliphatic hydroxyl groups excluding tert-OH is 1.